The van der Waals surface area contributed by atoms with Gasteiger partial charge in [-0.25, -0.2) is 0 Å². The van der Waals surface area contributed by atoms with Gasteiger partial charge in [0, 0.05) is 31.7 Å². The molecule has 94 valence electrons. The molecule has 0 saturated carbocycles. The highest BCUT2D eigenvalue weighted by atomic mass is 32.1. The minimum absolute atomic E-state index is 0.0669. The van der Waals surface area contributed by atoms with Crippen molar-refractivity contribution >= 4 is 29.2 Å². The van der Waals surface area contributed by atoms with Crippen LogP contribution in [0.3, 0.4) is 0 Å². The highest BCUT2D eigenvalue weighted by Gasteiger charge is 2.13. The van der Waals surface area contributed by atoms with Gasteiger partial charge in [0.15, 0.2) is 6.29 Å². The van der Waals surface area contributed by atoms with Crippen molar-refractivity contribution in [1.29, 1.82) is 0 Å². The van der Waals surface area contributed by atoms with Gasteiger partial charge in [0.1, 0.15) is 0 Å². The van der Waals surface area contributed by atoms with E-state index in [1.54, 1.807) is 19.0 Å². The lowest BCUT2D eigenvalue weighted by molar-refractivity contribution is -0.127. The van der Waals surface area contributed by atoms with Crippen LogP contribution in [0.15, 0.2) is 11.4 Å². The van der Waals surface area contributed by atoms with Gasteiger partial charge in [-0.1, -0.05) is 6.92 Å². The van der Waals surface area contributed by atoms with E-state index < -0.39 is 0 Å². The van der Waals surface area contributed by atoms with Crippen molar-refractivity contribution in [2.45, 2.75) is 13.3 Å². The van der Waals surface area contributed by atoms with Crippen molar-refractivity contribution in [3.8, 4) is 0 Å². The van der Waals surface area contributed by atoms with E-state index in [4.69, 9.17) is 0 Å². The Morgan fingerprint density at radius 1 is 1.47 bits per heavy atom. The Labute approximate surface area is 106 Å². The summed E-state index contributed by atoms with van der Waals surface area (Å²) < 4.78 is 0. The second-order valence-corrected chi connectivity index (χ2v) is 4.98. The number of thiophene rings is 1. The lowest BCUT2D eigenvalue weighted by Gasteiger charge is -2.24. The highest BCUT2D eigenvalue weighted by Crippen LogP contribution is 2.22. The van der Waals surface area contributed by atoms with Gasteiger partial charge in [-0.3, -0.25) is 9.59 Å². The lowest BCUT2D eigenvalue weighted by atomic mass is 10.3. The smallest absolute Gasteiger partial charge is 0.241 e. The Kier molecular flexibility index (Phi) is 5.15. The molecule has 1 rings (SSSR count). The van der Waals surface area contributed by atoms with Crippen molar-refractivity contribution < 1.29 is 9.59 Å². The molecule has 0 spiro atoms. The summed E-state index contributed by atoms with van der Waals surface area (Å²) in [5, 5.41) is 1.92. The molecule has 17 heavy (non-hydrogen) atoms. The zero-order valence-corrected chi connectivity index (χ0v) is 11.3. The van der Waals surface area contributed by atoms with E-state index in [0.717, 1.165) is 24.9 Å². The summed E-state index contributed by atoms with van der Waals surface area (Å²) in [4.78, 5) is 26.6. The Morgan fingerprint density at radius 3 is 2.65 bits per heavy atom. The third-order valence-corrected chi connectivity index (χ3v) is 3.25. The monoisotopic (exact) mass is 254 g/mol. The van der Waals surface area contributed by atoms with Crippen molar-refractivity contribution in [3.05, 3.63) is 16.3 Å². The quantitative estimate of drug-likeness (QED) is 0.728. The molecule has 0 unspecified atom stereocenters. The third-order valence-electron chi connectivity index (χ3n) is 2.41. The van der Waals surface area contributed by atoms with Gasteiger partial charge in [0.2, 0.25) is 5.91 Å². The molecule has 0 aliphatic rings. The number of carbonyl (C=O) groups is 2. The van der Waals surface area contributed by atoms with Gasteiger partial charge in [0.25, 0.3) is 0 Å². The Balaban J connectivity index is 2.77. The van der Waals surface area contributed by atoms with E-state index in [9.17, 15) is 9.59 Å². The molecule has 0 aromatic carbocycles. The second-order valence-electron chi connectivity index (χ2n) is 4.03. The molecule has 0 saturated heterocycles. The van der Waals surface area contributed by atoms with E-state index in [-0.39, 0.29) is 5.91 Å². The van der Waals surface area contributed by atoms with Crippen molar-refractivity contribution in [3.63, 3.8) is 0 Å². The maximum absolute atomic E-state index is 11.7. The van der Waals surface area contributed by atoms with Crippen LogP contribution in [0.25, 0.3) is 0 Å². The molecule has 0 radical (unpaired) electrons. The van der Waals surface area contributed by atoms with Gasteiger partial charge in [-0.15, -0.1) is 11.3 Å². The van der Waals surface area contributed by atoms with E-state index in [1.165, 1.54) is 11.3 Å². The van der Waals surface area contributed by atoms with Crippen molar-refractivity contribution in [2.24, 2.45) is 0 Å². The predicted octanol–water partition coefficient (Wildman–Crippen LogP) is 1.87. The van der Waals surface area contributed by atoms with E-state index in [1.807, 2.05) is 16.3 Å². The van der Waals surface area contributed by atoms with Crippen LogP contribution >= 0.6 is 11.3 Å². The molecule has 1 aromatic rings. The average Bonchev–Trinajstić information content (AvgIpc) is 2.76. The summed E-state index contributed by atoms with van der Waals surface area (Å²) in [6.07, 6.45) is 1.80. The van der Waals surface area contributed by atoms with E-state index in [2.05, 4.69) is 6.92 Å². The third kappa shape index (κ3) is 3.85. The molecule has 0 fully saturated rings. The van der Waals surface area contributed by atoms with Gasteiger partial charge in [-0.2, -0.15) is 0 Å². The second kappa shape index (κ2) is 6.39. The number of hydrogen-bond donors (Lipinski definition) is 0. The molecule has 0 bridgehead atoms. The maximum Gasteiger partial charge on any atom is 0.241 e. The molecule has 1 amide bonds. The average molecular weight is 254 g/mol. The number of likely N-dealkylation sites (N-methyl/N-ethyl adjacent to an activating group) is 1. The summed E-state index contributed by atoms with van der Waals surface area (Å²) in [5.41, 5.74) is 0.953. The normalized spacial score (nSPS) is 10.1. The topological polar surface area (TPSA) is 40.6 Å². The number of anilines is 1. The number of nitrogens with zero attached hydrogens (tertiary/aromatic N) is 2. The van der Waals surface area contributed by atoms with Crippen molar-refractivity contribution in [2.75, 3.05) is 32.1 Å². The van der Waals surface area contributed by atoms with Crippen LogP contribution < -0.4 is 4.90 Å². The number of rotatable bonds is 6. The van der Waals surface area contributed by atoms with Gasteiger partial charge in [0.05, 0.1) is 11.4 Å². The first-order valence-corrected chi connectivity index (χ1v) is 6.45. The number of aldehydes is 1. The summed E-state index contributed by atoms with van der Waals surface area (Å²) >= 11 is 1.40. The van der Waals surface area contributed by atoms with Crippen LogP contribution in [0.1, 0.15) is 23.0 Å². The van der Waals surface area contributed by atoms with Gasteiger partial charge >= 0.3 is 0 Å². The fourth-order valence-corrected chi connectivity index (χ4v) is 2.16. The molecule has 0 N–H and O–H groups in total. The van der Waals surface area contributed by atoms with E-state index in [0.29, 0.717) is 11.4 Å². The summed E-state index contributed by atoms with van der Waals surface area (Å²) in [5.74, 6) is 0.0669. The van der Waals surface area contributed by atoms with Crippen molar-refractivity contribution in [1.82, 2.24) is 4.90 Å². The standard InChI is InChI=1S/C12H18N2O2S/c1-4-5-14(7-12(16)13(2)3)10-6-11(8-15)17-9-10/h6,8-9H,4-5,7H2,1-3H3. The highest BCUT2D eigenvalue weighted by molar-refractivity contribution is 7.12. The van der Waals surface area contributed by atoms with Crippen LogP contribution in [0.4, 0.5) is 5.69 Å². The zero-order valence-electron chi connectivity index (χ0n) is 10.5. The lowest BCUT2D eigenvalue weighted by Crippen LogP contribution is -2.36. The molecular weight excluding hydrogens is 236 g/mol. The van der Waals surface area contributed by atoms with Gasteiger partial charge < -0.3 is 9.80 Å². The summed E-state index contributed by atoms with van der Waals surface area (Å²) in [6.45, 7) is 3.24. The first-order chi connectivity index (χ1) is 8.08. The SMILES string of the molecule is CCCN(CC(=O)N(C)C)c1csc(C=O)c1. The number of carbonyl (C=O) groups excluding carboxylic acids is 2. The molecule has 1 aromatic heterocycles. The molecule has 0 aliphatic heterocycles. The fraction of sp³-hybridized carbons (Fsp3) is 0.500. The van der Waals surface area contributed by atoms with Crippen LogP contribution in [-0.2, 0) is 4.79 Å². The first kappa shape index (κ1) is 13.7. The maximum atomic E-state index is 11.7. The largest absolute Gasteiger partial charge is 0.362 e. The Bertz CT molecular complexity index is 388. The minimum atomic E-state index is 0.0669. The summed E-state index contributed by atoms with van der Waals surface area (Å²) in [7, 11) is 3.49. The molecule has 4 nitrogen and oxygen atoms in total. The minimum Gasteiger partial charge on any atom is -0.362 e. The van der Waals surface area contributed by atoms with Crippen LogP contribution in [0.5, 0.6) is 0 Å². The molecule has 5 heteroatoms. The Morgan fingerprint density at radius 2 is 2.18 bits per heavy atom. The number of hydrogen-bond acceptors (Lipinski definition) is 4. The molecule has 0 atom stereocenters. The van der Waals surface area contributed by atoms with E-state index >= 15 is 0 Å². The predicted molar refractivity (Wildman–Crippen MR) is 70.9 cm³/mol. The summed E-state index contributed by atoms with van der Waals surface area (Å²) in [6, 6.07) is 1.83. The fourth-order valence-electron chi connectivity index (χ4n) is 1.44. The number of amides is 1. The first-order valence-electron chi connectivity index (χ1n) is 5.57. The van der Waals surface area contributed by atoms with Crippen LogP contribution in [0, 0.1) is 0 Å². The molecule has 1 heterocycles. The molecular formula is C12H18N2O2S. The zero-order chi connectivity index (χ0) is 12.8. The van der Waals surface area contributed by atoms with Crippen LogP contribution in [-0.4, -0.2) is 44.3 Å². The van der Waals surface area contributed by atoms with Gasteiger partial charge in [-0.05, 0) is 12.5 Å². The molecule has 0 aliphatic carbocycles. The van der Waals surface area contributed by atoms with Crippen LogP contribution in [0.2, 0.25) is 0 Å². The Hall–Kier alpha value is -1.36.